The molecule has 8 atom stereocenters. The third kappa shape index (κ3) is 2.18. The number of fused-ring (bicyclic) bond motifs is 9. The monoisotopic (exact) mass is 446 g/mol. The van der Waals surface area contributed by atoms with E-state index in [1.54, 1.807) is 18.0 Å². The summed E-state index contributed by atoms with van der Waals surface area (Å²) >= 11 is 2.77. The summed E-state index contributed by atoms with van der Waals surface area (Å²) in [5.74, 6) is -2.23. The SMILES string of the molecule is C[C@H](C(=O)O)N1C(=O)[C@@H]2[C@H]3C[C@@H]([C@H]4Sc5[nH]c(=O)sc5[C@H](c5ccco5)[C@H]34)[C@H]2C1=O. The van der Waals surface area contributed by atoms with Gasteiger partial charge in [0, 0.05) is 5.25 Å². The van der Waals surface area contributed by atoms with Crippen LogP contribution in [0.3, 0.4) is 0 Å². The molecule has 156 valence electrons. The van der Waals surface area contributed by atoms with Crippen molar-refractivity contribution in [2.75, 3.05) is 0 Å². The molecule has 0 radical (unpaired) electrons. The van der Waals surface area contributed by atoms with Crippen molar-refractivity contribution in [3.63, 3.8) is 0 Å². The quantitative estimate of drug-likeness (QED) is 0.692. The average Bonchev–Trinajstić information content (AvgIpc) is 3.48. The Balaban J connectivity index is 1.45. The number of carbonyl (C=O) groups is 3. The predicted molar refractivity (Wildman–Crippen MR) is 106 cm³/mol. The second kappa shape index (κ2) is 6.10. The van der Waals surface area contributed by atoms with Gasteiger partial charge in [0.1, 0.15) is 11.8 Å². The van der Waals surface area contributed by atoms with Gasteiger partial charge in [-0.1, -0.05) is 11.3 Å². The van der Waals surface area contributed by atoms with Crippen LogP contribution < -0.4 is 4.87 Å². The van der Waals surface area contributed by atoms with Crippen LogP contribution in [-0.2, 0) is 14.4 Å². The van der Waals surface area contributed by atoms with Gasteiger partial charge in [0.15, 0.2) is 0 Å². The van der Waals surface area contributed by atoms with Gasteiger partial charge in [-0.2, -0.15) is 0 Å². The standard InChI is InChI=1S/C20H18N2O6S2/c1-6(19(25)26)22-17(23)11-7-5-8(12(11)18(22)24)14-10(7)13(9-3-2-4-28-9)15-16(29-14)21-20(27)30-15/h2-4,6-8,10-14H,5H2,1H3,(H,21,27)(H,25,26)/t6-,7+,8-,10+,11-,12-,13-,14-/m1/s1. The molecule has 2 aliphatic heterocycles. The summed E-state index contributed by atoms with van der Waals surface area (Å²) in [6.07, 6.45) is 2.37. The smallest absolute Gasteiger partial charge is 0.326 e. The zero-order valence-corrected chi connectivity index (χ0v) is 17.4. The van der Waals surface area contributed by atoms with Crippen LogP contribution in [0.15, 0.2) is 32.6 Å². The third-order valence-electron chi connectivity index (χ3n) is 7.35. The number of carboxylic acids is 1. The predicted octanol–water partition coefficient (Wildman–Crippen LogP) is 1.98. The average molecular weight is 447 g/mol. The van der Waals surface area contributed by atoms with Crippen molar-refractivity contribution in [2.45, 2.75) is 35.6 Å². The van der Waals surface area contributed by atoms with Crippen molar-refractivity contribution in [1.29, 1.82) is 0 Å². The fourth-order valence-electron chi connectivity index (χ4n) is 6.32. The number of thiazole rings is 1. The number of carbonyl (C=O) groups excluding carboxylic acids is 2. The number of aromatic amines is 1. The lowest BCUT2D eigenvalue weighted by Crippen LogP contribution is -2.44. The van der Waals surface area contributed by atoms with Gasteiger partial charge in [-0.25, -0.2) is 4.79 Å². The van der Waals surface area contributed by atoms with E-state index in [2.05, 4.69) is 4.98 Å². The third-order valence-corrected chi connectivity index (χ3v) is 9.94. The highest BCUT2D eigenvalue weighted by atomic mass is 32.2. The van der Waals surface area contributed by atoms with Gasteiger partial charge in [0.05, 0.1) is 33.9 Å². The number of nitrogens with zero attached hydrogens (tertiary/aromatic N) is 1. The van der Waals surface area contributed by atoms with Crippen LogP contribution in [0.5, 0.6) is 0 Å². The minimum absolute atomic E-state index is 0.0218. The van der Waals surface area contributed by atoms with Crippen molar-refractivity contribution < 1.29 is 23.9 Å². The van der Waals surface area contributed by atoms with E-state index >= 15 is 0 Å². The molecule has 30 heavy (non-hydrogen) atoms. The maximum Gasteiger partial charge on any atom is 0.326 e. The van der Waals surface area contributed by atoms with E-state index in [0.29, 0.717) is 0 Å². The van der Waals surface area contributed by atoms with Crippen molar-refractivity contribution in [3.05, 3.63) is 38.7 Å². The molecule has 2 aromatic heterocycles. The highest BCUT2D eigenvalue weighted by Gasteiger charge is 2.70. The Morgan fingerprint density at radius 3 is 2.67 bits per heavy atom. The largest absolute Gasteiger partial charge is 0.480 e. The van der Waals surface area contributed by atoms with Gasteiger partial charge in [0.25, 0.3) is 0 Å². The summed E-state index contributed by atoms with van der Waals surface area (Å²) in [7, 11) is 0. The Morgan fingerprint density at radius 1 is 1.27 bits per heavy atom. The summed E-state index contributed by atoms with van der Waals surface area (Å²) in [6, 6.07) is 2.55. The minimum atomic E-state index is -1.18. The Labute approximate surface area is 178 Å². The molecule has 0 unspecified atom stereocenters. The van der Waals surface area contributed by atoms with Crippen molar-refractivity contribution in [1.82, 2.24) is 9.88 Å². The molecule has 4 heterocycles. The van der Waals surface area contributed by atoms with Crippen molar-refractivity contribution in [3.8, 4) is 0 Å². The molecule has 4 aliphatic rings. The molecule has 2 aliphatic carbocycles. The number of carboxylic acid groups (broad SMARTS) is 1. The first-order valence-corrected chi connectivity index (χ1v) is 11.6. The van der Waals surface area contributed by atoms with Crippen LogP contribution in [0.4, 0.5) is 0 Å². The Kier molecular flexibility index (Phi) is 3.75. The number of hydrogen-bond donors (Lipinski definition) is 2. The molecule has 1 saturated heterocycles. The van der Waals surface area contributed by atoms with E-state index in [1.165, 1.54) is 18.3 Å². The van der Waals surface area contributed by atoms with Crippen LogP contribution in [-0.4, -0.2) is 44.1 Å². The molecular weight excluding hydrogens is 428 g/mol. The Morgan fingerprint density at radius 2 is 2.00 bits per heavy atom. The topological polar surface area (TPSA) is 121 Å². The van der Waals surface area contributed by atoms with E-state index in [1.807, 2.05) is 12.1 Å². The molecule has 2 aromatic rings. The summed E-state index contributed by atoms with van der Waals surface area (Å²) in [4.78, 5) is 54.6. The molecule has 2 amide bonds. The van der Waals surface area contributed by atoms with Crippen LogP contribution >= 0.6 is 23.1 Å². The molecular formula is C20H18N2O6S2. The highest BCUT2D eigenvalue weighted by molar-refractivity contribution is 8.00. The number of amides is 2. The van der Waals surface area contributed by atoms with Crippen LogP contribution in [0.1, 0.15) is 29.9 Å². The number of hydrogen-bond acceptors (Lipinski definition) is 7. The molecule has 3 fully saturated rings. The molecule has 2 N–H and O–H groups in total. The van der Waals surface area contributed by atoms with E-state index < -0.39 is 23.8 Å². The van der Waals surface area contributed by atoms with Gasteiger partial charge < -0.3 is 14.5 Å². The molecule has 2 saturated carbocycles. The summed E-state index contributed by atoms with van der Waals surface area (Å²) < 4.78 is 5.75. The van der Waals surface area contributed by atoms with Gasteiger partial charge in [-0.15, -0.1) is 11.8 Å². The number of aromatic nitrogens is 1. The second-order valence-corrected chi connectivity index (χ2v) is 10.7. The lowest BCUT2D eigenvalue weighted by atomic mass is 9.69. The summed E-state index contributed by atoms with van der Waals surface area (Å²) in [5, 5.41) is 10.3. The molecule has 10 heteroatoms. The number of thioether (sulfide) groups is 1. The first-order chi connectivity index (χ1) is 14.4. The van der Waals surface area contributed by atoms with E-state index in [0.717, 1.165) is 27.0 Å². The highest BCUT2D eigenvalue weighted by Crippen LogP contribution is 2.68. The van der Waals surface area contributed by atoms with Crippen molar-refractivity contribution in [2.24, 2.45) is 29.6 Å². The fraction of sp³-hybridized carbons (Fsp3) is 0.500. The lowest BCUT2D eigenvalue weighted by molar-refractivity contribution is -0.154. The number of imide groups is 1. The van der Waals surface area contributed by atoms with Gasteiger partial charge in [-0.3, -0.25) is 19.3 Å². The fourth-order valence-corrected chi connectivity index (χ4v) is 9.19. The maximum absolute atomic E-state index is 13.2. The first-order valence-electron chi connectivity index (χ1n) is 9.91. The number of furan rings is 1. The number of aliphatic carboxylic acids is 1. The number of rotatable bonds is 3. The van der Waals surface area contributed by atoms with Crippen LogP contribution in [0, 0.1) is 29.6 Å². The first kappa shape index (κ1) is 18.4. The Hall–Kier alpha value is -2.33. The van der Waals surface area contributed by atoms with Crippen LogP contribution in [0.25, 0.3) is 0 Å². The number of likely N-dealkylation sites (tertiary alicyclic amines) is 1. The van der Waals surface area contributed by atoms with Gasteiger partial charge >= 0.3 is 10.8 Å². The summed E-state index contributed by atoms with van der Waals surface area (Å²) in [5.41, 5.74) is 0. The maximum atomic E-state index is 13.2. The molecule has 8 nitrogen and oxygen atoms in total. The van der Waals surface area contributed by atoms with Crippen molar-refractivity contribution >= 4 is 40.9 Å². The van der Waals surface area contributed by atoms with E-state index in [-0.39, 0.29) is 45.6 Å². The second-order valence-electron chi connectivity index (χ2n) is 8.54. The molecule has 0 spiro atoms. The van der Waals surface area contributed by atoms with E-state index in [4.69, 9.17) is 4.42 Å². The lowest BCUT2D eigenvalue weighted by Gasteiger charge is -2.42. The summed E-state index contributed by atoms with van der Waals surface area (Å²) in [6.45, 7) is 1.39. The Bertz CT molecular complexity index is 1140. The normalized spacial score (nSPS) is 37.2. The number of H-pyrrole nitrogens is 1. The zero-order chi connectivity index (χ0) is 20.9. The molecule has 6 rings (SSSR count). The minimum Gasteiger partial charge on any atom is -0.480 e. The van der Waals surface area contributed by atoms with Crippen LogP contribution in [0.2, 0.25) is 0 Å². The van der Waals surface area contributed by atoms with Gasteiger partial charge in [-0.05, 0) is 43.2 Å². The zero-order valence-electron chi connectivity index (χ0n) is 15.8. The molecule has 2 bridgehead atoms. The number of nitrogens with one attached hydrogen (secondary N) is 1. The van der Waals surface area contributed by atoms with Gasteiger partial charge in [0.2, 0.25) is 11.8 Å². The van der Waals surface area contributed by atoms with E-state index in [9.17, 15) is 24.3 Å². The molecule has 0 aromatic carbocycles.